The lowest BCUT2D eigenvalue weighted by atomic mass is 9.93. The standard InChI is InChI=1S/C17H18N4O2/c1-11-15(10-18-20-11)19-17(23)9-16-14-6-4-3-5-13(14)7-8-21(16)12(2)22/h3-8,10,16H,9H2,1-2H3,(H,18,20)(H,19,23)/t16-/m1/s1. The summed E-state index contributed by atoms with van der Waals surface area (Å²) in [7, 11) is 0. The second kappa shape index (κ2) is 6.08. The molecule has 0 bridgehead atoms. The number of H-pyrrole nitrogens is 1. The number of fused-ring (bicyclic) bond motifs is 1. The Balaban J connectivity index is 1.83. The molecule has 1 aliphatic rings. The maximum absolute atomic E-state index is 12.4. The number of benzene rings is 1. The van der Waals surface area contributed by atoms with Crippen LogP contribution in [0.15, 0.2) is 36.7 Å². The van der Waals surface area contributed by atoms with E-state index in [1.54, 1.807) is 17.3 Å². The van der Waals surface area contributed by atoms with Gasteiger partial charge in [-0.1, -0.05) is 24.3 Å². The minimum Gasteiger partial charge on any atom is -0.323 e. The molecule has 0 radical (unpaired) electrons. The first-order valence-electron chi connectivity index (χ1n) is 7.42. The van der Waals surface area contributed by atoms with Crippen molar-refractivity contribution in [2.24, 2.45) is 0 Å². The molecule has 1 aromatic heterocycles. The van der Waals surface area contributed by atoms with Gasteiger partial charge in [-0.05, 0) is 24.1 Å². The molecule has 2 heterocycles. The second-order valence-electron chi connectivity index (χ2n) is 5.55. The number of hydrogen-bond donors (Lipinski definition) is 2. The predicted octanol–water partition coefficient (Wildman–Crippen LogP) is 2.62. The third kappa shape index (κ3) is 3.01. The van der Waals surface area contributed by atoms with Crippen molar-refractivity contribution < 1.29 is 9.59 Å². The number of aryl methyl sites for hydroxylation is 1. The van der Waals surface area contributed by atoms with Gasteiger partial charge in [0.05, 0.1) is 30.0 Å². The van der Waals surface area contributed by atoms with Crippen LogP contribution >= 0.6 is 0 Å². The molecule has 2 amide bonds. The number of nitrogens with zero attached hydrogens (tertiary/aromatic N) is 2. The molecule has 0 saturated carbocycles. The monoisotopic (exact) mass is 310 g/mol. The molecule has 6 nitrogen and oxygen atoms in total. The maximum Gasteiger partial charge on any atom is 0.226 e. The zero-order valence-electron chi connectivity index (χ0n) is 13.0. The first-order valence-corrected chi connectivity index (χ1v) is 7.42. The molecular formula is C17H18N4O2. The average molecular weight is 310 g/mol. The summed E-state index contributed by atoms with van der Waals surface area (Å²) in [5.41, 5.74) is 3.46. The van der Waals surface area contributed by atoms with Crippen LogP contribution in [0.4, 0.5) is 5.69 Å². The van der Waals surface area contributed by atoms with Gasteiger partial charge < -0.3 is 10.2 Å². The fraction of sp³-hybridized carbons (Fsp3) is 0.235. The Kier molecular flexibility index (Phi) is 3.97. The number of amides is 2. The fourth-order valence-corrected chi connectivity index (χ4v) is 2.77. The largest absolute Gasteiger partial charge is 0.323 e. The number of rotatable bonds is 3. The summed E-state index contributed by atoms with van der Waals surface area (Å²) in [6.45, 7) is 3.34. The number of anilines is 1. The van der Waals surface area contributed by atoms with E-state index in [9.17, 15) is 9.59 Å². The predicted molar refractivity (Wildman–Crippen MR) is 87.3 cm³/mol. The molecule has 2 aromatic rings. The second-order valence-corrected chi connectivity index (χ2v) is 5.55. The zero-order valence-corrected chi connectivity index (χ0v) is 13.0. The number of aromatic nitrogens is 2. The fourth-order valence-electron chi connectivity index (χ4n) is 2.77. The van der Waals surface area contributed by atoms with E-state index in [-0.39, 0.29) is 24.3 Å². The van der Waals surface area contributed by atoms with Gasteiger partial charge in [-0.2, -0.15) is 5.10 Å². The molecule has 118 valence electrons. The smallest absolute Gasteiger partial charge is 0.226 e. The van der Waals surface area contributed by atoms with E-state index in [1.165, 1.54) is 6.92 Å². The maximum atomic E-state index is 12.4. The normalized spacial score (nSPS) is 16.1. The van der Waals surface area contributed by atoms with Crippen molar-refractivity contribution >= 4 is 23.6 Å². The summed E-state index contributed by atoms with van der Waals surface area (Å²) >= 11 is 0. The Morgan fingerprint density at radius 3 is 2.83 bits per heavy atom. The molecule has 0 spiro atoms. The van der Waals surface area contributed by atoms with Gasteiger partial charge in [0.2, 0.25) is 11.8 Å². The topological polar surface area (TPSA) is 78.1 Å². The van der Waals surface area contributed by atoms with Gasteiger partial charge in [-0.25, -0.2) is 0 Å². The highest BCUT2D eigenvalue weighted by atomic mass is 16.2. The number of carbonyl (C=O) groups is 2. The van der Waals surface area contributed by atoms with Crippen LogP contribution in [0, 0.1) is 6.92 Å². The lowest BCUT2D eigenvalue weighted by Crippen LogP contribution is -2.33. The lowest BCUT2D eigenvalue weighted by Gasteiger charge is -2.32. The molecule has 1 aromatic carbocycles. The van der Waals surface area contributed by atoms with E-state index < -0.39 is 0 Å². The first kappa shape index (κ1) is 15.0. The van der Waals surface area contributed by atoms with Crippen LogP contribution in [-0.4, -0.2) is 26.9 Å². The van der Waals surface area contributed by atoms with Gasteiger partial charge in [0, 0.05) is 13.1 Å². The van der Waals surface area contributed by atoms with Crippen LogP contribution in [0.5, 0.6) is 0 Å². The summed E-state index contributed by atoms with van der Waals surface area (Å²) in [5.74, 6) is -0.246. The number of nitrogens with one attached hydrogen (secondary N) is 2. The van der Waals surface area contributed by atoms with E-state index in [4.69, 9.17) is 0 Å². The van der Waals surface area contributed by atoms with E-state index in [0.717, 1.165) is 16.8 Å². The van der Waals surface area contributed by atoms with Crippen molar-refractivity contribution in [2.45, 2.75) is 26.3 Å². The van der Waals surface area contributed by atoms with Gasteiger partial charge in [-0.15, -0.1) is 0 Å². The van der Waals surface area contributed by atoms with E-state index in [1.807, 2.05) is 37.3 Å². The number of carbonyl (C=O) groups excluding carboxylic acids is 2. The van der Waals surface area contributed by atoms with Gasteiger partial charge in [-0.3, -0.25) is 14.7 Å². The Hall–Kier alpha value is -2.89. The van der Waals surface area contributed by atoms with Crippen molar-refractivity contribution in [3.8, 4) is 0 Å². The average Bonchev–Trinajstić information content (AvgIpc) is 2.92. The molecule has 23 heavy (non-hydrogen) atoms. The molecule has 1 aliphatic heterocycles. The minimum atomic E-state index is -0.305. The molecule has 0 aliphatic carbocycles. The highest BCUT2D eigenvalue weighted by molar-refractivity contribution is 5.92. The van der Waals surface area contributed by atoms with Crippen LogP contribution in [-0.2, 0) is 9.59 Å². The third-order valence-electron chi connectivity index (χ3n) is 3.95. The summed E-state index contributed by atoms with van der Waals surface area (Å²) in [5, 5.41) is 9.50. The summed E-state index contributed by atoms with van der Waals surface area (Å²) in [6.07, 6.45) is 5.40. The number of aromatic amines is 1. The van der Waals surface area contributed by atoms with Gasteiger partial charge >= 0.3 is 0 Å². The van der Waals surface area contributed by atoms with E-state index in [2.05, 4.69) is 15.5 Å². The molecule has 0 saturated heterocycles. The van der Waals surface area contributed by atoms with Crippen LogP contribution < -0.4 is 5.32 Å². The minimum absolute atomic E-state index is 0.0898. The molecule has 0 fully saturated rings. The van der Waals surface area contributed by atoms with Crippen molar-refractivity contribution in [1.29, 1.82) is 0 Å². The van der Waals surface area contributed by atoms with Gasteiger partial charge in [0.15, 0.2) is 0 Å². The quantitative estimate of drug-likeness (QED) is 0.914. The Morgan fingerprint density at radius 2 is 2.13 bits per heavy atom. The van der Waals surface area contributed by atoms with Crippen molar-refractivity contribution in [3.05, 3.63) is 53.5 Å². The third-order valence-corrected chi connectivity index (χ3v) is 3.95. The molecule has 3 rings (SSSR count). The van der Waals surface area contributed by atoms with Crippen molar-refractivity contribution in [2.75, 3.05) is 5.32 Å². The zero-order chi connectivity index (χ0) is 16.4. The van der Waals surface area contributed by atoms with Crippen LogP contribution in [0.3, 0.4) is 0 Å². The van der Waals surface area contributed by atoms with E-state index in [0.29, 0.717) is 5.69 Å². The first-order chi connectivity index (χ1) is 11.1. The van der Waals surface area contributed by atoms with Crippen LogP contribution in [0.25, 0.3) is 6.08 Å². The molecular weight excluding hydrogens is 292 g/mol. The Morgan fingerprint density at radius 1 is 1.35 bits per heavy atom. The van der Waals surface area contributed by atoms with Crippen LogP contribution in [0.1, 0.15) is 36.2 Å². The van der Waals surface area contributed by atoms with Crippen molar-refractivity contribution in [3.63, 3.8) is 0 Å². The highest BCUT2D eigenvalue weighted by Gasteiger charge is 2.28. The van der Waals surface area contributed by atoms with Crippen molar-refractivity contribution in [1.82, 2.24) is 15.1 Å². The summed E-state index contributed by atoms with van der Waals surface area (Å²) in [4.78, 5) is 25.9. The SMILES string of the molecule is CC(=O)N1C=Cc2ccccc2[C@H]1CC(=O)Nc1cn[nH]c1C. The number of hydrogen-bond acceptors (Lipinski definition) is 3. The van der Waals surface area contributed by atoms with Gasteiger partial charge in [0.1, 0.15) is 0 Å². The molecule has 2 N–H and O–H groups in total. The Bertz CT molecular complexity index is 778. The Labute approximate surface area is 134 Å². The van der Waals surface area contributed by atoms with E-state index >= 15 is 0 Å². The summed E-state index contributed by atoms with van der Waals surface area (Å²) in [6, 6.07) is 7.49. The molecule has 0 unspecified atom stereocenters. The highest BCUT2D eigenvalue weighted by Crippen LogP contribution is 2.33. The molecule has 6 heteroatoms. The van der Waals surface area contributed by atoms with Crippen LogP contribution in [0.2, 0.25) is 0 Å². The summed E-state index contributed by atoms with van der Waals surface area (Å²) < 4.78 is 0. The lowest BCUT2D eigenvalue weighted by molar-refractivity contribution is -0.129. The molecule has 1 atom stereocenters. The van der Waals surface area contributed by atoms with Gasteiger partial charge in [0.25, 0.3) is 0 Å².